The van der Waals surface area contributed by atoms with E-state index in [2.05, 4.69) is 49.9 Å². The molecule has 0 fully saturated rings. The highest BCUT2D eigenvalue weighted by Crippen LogP contribution is 2.22. The van der Waals surface area contributed by atoms with Gasteiger partial charge in [0.15, 0.2) is 0 Å². The smallest absolute Gasteiger partial charge is 0.203 e. The van der Waals surface area contributed by atoms with Crippen molar-refractivity contribution in [3.63, 3.8) is 0 Å². The van der Waals surface area contributed by atoms with Gasteiger partial charge < -0.3 is 9.88 Å². The van der Waals surface area contributed by atoms with E-state index in [-0.39, 0.29) is 0 Å². The molecule has 0 saturated carbocycles. The minimum absolute atomic E-state index is 0.833. The van der Waals surface area contributed by atoms with E-state index in [0.29, 0.717) is 0 Å². The lowest BCUT2D eigenvalue weighted by Crippen LogP contribution is -2.06. The van der Waals surface area contributed by atoms with E-state index in [4.69, 9.17) is 0 Å². The normalized spacial score (nSPS) is 10.7. The van der Waals surface area contributed by atoms with Gasteiger partial charge in [0.25, 0.3) is 0 Å². The molecule has 0 unspecified atom stereocenters. The van der Waals surface area contributed by atoms with Crippen LogP contribution in [0, 0.1) is 0 Å². The highest BCUT2D eigenvalue weighted by atomic mass is 79.9. The molecule has 0 radical (unpaired) electrons. The highest BCUT2D eigenvalue weighted by Gasteiger charge is 2.03. The van der Waals surface area contributed by atoms with Crippen LogP contribution in [0.1, 0.15) is 24.6 Å². The Labute approximate surface area is 114 Å². The molecule has 0 amide bonds. The van der Waals surface area contributed by atoms with Crippen LogP contribution in [0.15, 0.2) is 28.3 Å². The first-order valence-electron chi connectivity index (χ1n) is 5.79. The van der Waals surface area contributed by atoms with Crippen LogP contribution >= 0.6 is 27.3 Å². The van der Waals surface area contributed by atoms with Gasteiger partial charge in [0.05, 0.1) is 10.3 Å². The molecule has 17 heavy (non-hydrogen) atoms. The van der Waals surface area contributed by atoms with Gasteiger partial charge in [-0.05, 0) is 34.5 Å². The summed E-state index contributed by atoms with van der Waals surface area (Å²) >= 11 is 5.22. The van der Waals surface area contributed by atoms with E-state index in [1.807, 2.05) is 12.4 Å². The van der Waals surface area contributed by atoms with E-state index in [1.165, 1.54) is 21.5 Å². The van der Waals surface area contributed by atoms with Crippen molar-refractivity contribution < 1.29 is 0 Å². The molecule has 0 aliphatic rings. The largest absolute Gasteiger partial charge is 0.351 e. The van der Waals surface area contributed by atoms with Gasteiger partial charge in [0, 0.05) is 23.8 Å². The monoisotopic (exact) mass is 313 g/mol. The molecule has 0 aliphatic carbocycles. The third-order valence-corrected chi connectivity index (χ3v) is 4.14. The number of nitrogens with zero attached hydrogens (tertiary/aromatic N) is 2. The number of thiophene rings is 1. The second kappa shape index (κ2) is 6.21. The topological polar surface area (TPSA) is 29.9 Å². The van der Waals surface area contributed by atoms with E-state index in [1.54, 1.807) is 11.3 Å². The number of imidazole rings is 1. The van der Waals surface area contributed by atoms with Crippen molar-refractivity contribution in [2.75, 3.05) is 5.32 Å². The van der Waals surface area contributed by atoms with Crippen LogP contribution in [0.3, 0.4) is 0 Å². The Morgan fingerprint density at radius 1 is 1.47 bits per heavy atom. The summed E-state index contributed by atoms with van der Waals surface area (Å²) in [5.74, 6) is 0.961. The summed E-state index contributed by atoms with van der Waals surface area (Å²) in [7, 11) is 0. The average molecular weight is 314 g/mol. The fraction of sp³-hybridized carbons (Fsp3) is 0.417. The fourth-order valence-electron chi connectivity index (χ4n) is 1.60. The first kappa shape index (κ1) is 12.6. The van der Waals surface area contributed by atoms with Gasteiger partial charge in [0.1, 0.15) is 0 Å². The van der Waals surface area contributed by atoms with E-state index >= 15 is 0 Å². The molecule has 0 bridgehead atoms. The number of rotatable bonds is 6. The lowest BCUT2D eigenvalue weighted by atomic mass is 10.3. The minimum Gasteiger partial charge on any atom is -0.351 e. The van der Waals surface area contributed by atoms with E-state index in [0.717, 1.165) is 19.0 Å². The Hall–Kier alpha value is -0.810. The maximum Gasteiger partial charge on any atom is 0.203 e. The summed E-state index contributed by atoms with van der Waals surface area (Å²) in [5, 5.41) is 3.37. The zero-order chi connectivity index (χ0) is 12.1. The maximum absolute atomic E-state index is 4.34. The molecule has 0 aliphatic heterocycles. The lowest BCUT2D eigenvalue weighted by Gasteiger charge is -2.08. The second-order valence-electron chi connectivity index (χ2n) is 3.86. The van der Waals surface area contributed by atoms with Crippen molar-refractivity contribution in [1.82, 2.24) is 9.55 Å². The lowest BCUT2D eigenvalue weighted by molar-refractivity contribution is 0.635. The Kier molecular flexibility index (Phi) is 4.62. The van der Waals surface area contributed by atoms with Crippen LogP contribution in [0.25, 0.3) is 0 Å². The summed E-state index contributed by atoms with van der Waals surface area (Å²) in [6, 6.07) is 4.20. The molecule has 1 N–H and O–H groups in total. The highest BCUT2D eigenvalue weighted by molar-refractivity contribution is 9.11. The molecule has 5 heteroatoms. The van der Waals surface area contributed by atoms with E-state index < -0.39 is 0 Å². The summed E-state index contributed by atoms with van der Waals surface area (Å²) in [5.41, 5.74) is 0. The number of hydrogen-bond acceptors (Lipinski definition) is 3. The number of halogens is 1. The molecular formula is C12H16BrN3S. The van der Waals surface area contributed by atoms with Crippen molar-refractivity contribution >= 4 is 33.2 Å². The second-order valence-corrected chi connectivity index (χ2v) is 6.40. The number of hydrogen-bond donors (Lipinski definition) is 1. The molecule has 2 aromatic heterocycles. The molecule has 0 saturated heterocycles. The molecule has 3 nitrogen and oxygen atoms in total. The predicted molar refractivity (Wildman–Crippen MR) is 76.5 cm³/mol. The molecule has 2 aromatic rings. The molecule has 0 aromatic carbocycles. The first-order valence-corrected chi connectivity index (χ1v) is 7.39. The summed E-state index contributed by atoms with van der Waals surface area (Å²) in [6.07, 6.45) is 6.27. The first-order chi connectivity index (χ1) is 8.29. The van der Waals surface area contributed by atoms with Crippen LogP contribution in [0.2, 0.25) is 0 Å². The van der Waals surface area contributed by atoms with Gasteiger partial charge in [-0.3, -0.25) is 0 Å². The van der Waals surface area contributed by atoms with Crippen LogP contribution in [0.5, 0.6) is 0 Å². The third kappa shape index (κ3) is 3.57. The summed E-state index contributed by atoms with van der Waals surface area (Å²) in [4.78, 5) is 5.64. The zero-order valence-electron chi connectivity index (χ0n) is 9.82. The summed E-state index contributed by atoms with van der Waals surface area (Å²) in [6.45, 7) is 4.07. The Morgan fingerprint density at radius 3 is 3.06 bits per heavy atom. The van der Waals surface area contributed by atoms with Crippen molar-refractivity contribution in [3.05, 3.63) is 33.2 Å². The summed E-state index contributed by atoms with van der Waals surface area (Å²) < 4.78 is 3.34. The van der Waals surface area contributed by atoms with E-state index in [9.17, 15) is 0 Å². The number of nitrogens with one attached hydrogen (secondary N) is 1. The van der Waals surface area contributed by atoms with Gasteiger partial charge in [-0.2, -0.15) is 0 Å². The van der Waals surface area contributed by atoms with Gasteiger partial charge in [0.2, 0.25) is 5.95 Å². The quantitative estimate of drug-likeness (QED) is 0.869. The molecule has 92 valence electrons. The molecule has 2 heterocycles. The van der Waals surface area contributed by atoms with Crippen LogP contribution in [0.4, 0.5) is 5.95 Å². The Morgan fingerprint density at radius 2 is 2.35 bits per heavy atom. The Bertz CT molecular complexity index is 464. The number of aryl methyl sites for hydroxylation is 1. The third-order valence-electron chi connectivity index (χ3n) is 2.52. The van der Waals surface area contributed by atoms with Crippen molar-refractivity contribution in [3.8, 4) is 0 Å². The SMILES string of the molecule is CCCCn1ccnc1NCc1ccc(Br)s1. The number of unbranched alkanes of at least 4 members (excludes halogenated alkanes) is 1. The standard InChI is InChI=1S/C12H16BrN3S/c1-2-3-7-16-8-6-14-12(16)15-9-10-4-5-11(13)17-10/h4-6,8H,2-3,7,9H2,1H3,(H,14,15). The predicted octanol–water partition coefficient (Wildman–Crippen LogP) is 4.12. The van der Waals surface area contributed by atoms with Crippen LogP contribution in [-0.2, 0) is 13.1 Å². The van der Waals surface area contributed by atoms with Crippen molar-refractivity contribution in [1.29, 1.82) is 0 Å². The Balaban J connectivity index is 1.92. The number of aromatic nitrogens is 2. The minimum atomic E-state index is 0.833. The van der Waals surface area contributed by atoms with Crippen molar-refractivity contribution in [2.24, 2.45) is 0 Å². The molecular weight excluding hydrogens is 298 g/mol. The van der Waals surface area contributed by atoms with Crippen molar-refractivity contribution in [2.45, 2.75) is 32.9 Å². The molecule has 0 spiro atoms. The molecule has 2 rings (SSSR count). The van der Waals surface area contributed by atoms with Gasteiger partial charge >= 0.3 is 0 Å². The number of anilines is 1. The van der Waals surface area contributed by atoms with Crippen LogP contribution in [-0.4, -0.2) is 9.55 Å². The zero-order valence-corrected chi connectivity index (χ0v) is 12.2. The average Bonchev–Trinajstić information content (AvgIpc) is 2.92. The maximum atomic E-state index is 4.34. The molecule has 0 atom stereocenters. The van der Waals surface area contributed by atoms with Gasteiger partial charge in [-0.15, -0.1) is 11.3 Å². The fourth-order valence-corrected chi connectivity index (χ4v) is 3.02. The van der Waals surface area contributed by atoms with Gasteiger partial charge in [-0.25, -0.2) is 4.98 Å². The van der Waals surface area contributed by atoms with Crippen LogP contribution < -0.4 is 5.32 Å². The van der Waals surface area contributed by atoms with Gasteiger partial charge in [-0.1, -0.05) is 13.3 Å².